The fourth-order valence-corrected chi connectivity index (χ4v) is 8.94. The minimum Gasteiger partial charge on any atom is -0.332 e. The highest BCUT2D eigenvalue weighted by atomic mass is 15.2. The van der Waals surface area contributed by atoms with Gasteiger partial charge in [-0.25, -0.2) is 0 Å². The Hall–Kier alpha value is -7.30. The van der Waals surface area contributed by atoms with Crippen molar-refractivity contribution in [3.8, 4) is 0 Å². The monoisotopic (exact) mass is 820 g/mol. The molecule has 0 bridgehead atoms. The minimum atomic E-state index is -0.311. The zero-order valence-corrected chi connectivity index (χ0v) is 37.0. The molecule has 312 valence electrons. The van der Waals surface area contributed by atoms with Crippen LogP contribution in [-0.4, -0.2) is 5.54 Å². The SMILES string of the molecule is Cc1cccc(N(c2ccccc2)c2ccc(N(C3=CCC(C)(N(c4ccccc4)c4cccc(C)c4)C=C3)c3ccc(N(C4=CC(C)C(C)C=C4)c4ccccc4)cc3)cc2)c1. The lowest BCUT2D eigenvalue weighted by atomic mass is 9.88. The Morgan fingerprint density at radius 2 is 0.841 bits per heavy atom. The summed E-state index contributed by atoms with van der Waals surface area (Å²) in [4.78, 5) is 9.59. The van der Waals surface area contributed by atoms with Gasteiger partial charge in [-0.2, -0.15) is 0 Å². The lowest BCUT2D eigenvalue weighted by Crippen LogP contribution is -2.43. The first-order chi connectivity index (χ1) is 30.7. The quantitative estimate of drug-likeness (QED) is 0.122. The van der Waals surface area contributed by atoms with E-state index >= 15 is 0 Å². The van der Waals surface area contributed by atoms with Crippen molar-refractivity contribution in [3.05, 3.63) is 247 Å². The molecule has 0 N–H and O–H groups in total. The molecule has 9 rings (SSSR count). The van der Waals surface area contributed by atoms with Crippen LogP contribution in [0.4, 0.5) is 51.2 Å². The maximum absolute atomic E-state index is 2.48. The third-order valence-electron chi connectivity index (χ3n) is 12.5. The van der Waals surface area contributed by atoms with Gasteiger partial charge >= 0.3 is 0 Å². The average molecular weight is 821 g/mol. The molecular formula is C59H56N4. The molecular weight excluding hydrogens is 765 g/mol. The third-order valence-corrected chi connectivity index (χ3v) is 12.5. The van der Waals surface area contributed by atoms with E-state index in [1.165, 1.54) is 28.2 Å². The number of hydrogen-bond donors (Lipinski definition) is 0. The van der Waals surface area contributed by atoms with Crippen molar-refractivity contribution in [1.29, 1.82) is 0 Å². The van der Waals surface area contributed by atoms with E-state index in [1.807, 2.05) is 0 Å². The zero-order valence-electron chi connectivity index (χ0n) is 37.0. The van der Waals surface area contributed by atoms with Crippen LogP contribution in [-0.2, 0) is 0 Å². The summed E-state index contributed by atoms with van der Waals surface area (Å²) in [7, 11) is 0. The summed E-state index contributed by atoms with van der Waals surface area (Å²) in [5.74, 6) is 0.942. The van der Waals surface area contributed by atoms with Gasteiger partial charge in [0.2, 0.25) is 0 Å². The molecule has 0 aromatic heterocycles. The first kappa shape index (κ1) is 41.1. The van der Waals surface area contributed by atoms with Crippen LogP contribution < -0.4 is 19.6 Å². The topological polar surface area (TPSA) is 13.0 Å². The lowest BCUT2D eigenvalue weighted by Gasteiger charge is -2.43. The summed E-state index contributed by atoms with van der Waals surface area (Å²) >= 11 is 0. The van der Waals surface area contributed by atoms with Crippen molar-refractivity contribution in [2.75, 3.05) is 19.6 Å². The van der Waals surface area contributed by atoms with Gasteiger partial charge in [0.25, 0.3) is 0 Å². The Morgan fingerprint density at radius 3 is 1.33 bits per heavy atom. The van der Waals surface area contributed by atoms with Gasteiger partial charge in [-0.15, -0.1) is 0 Å². The van der Waals surface area contributed by atoms with Crippen molar-refractivity contribution < 1.29 is 0 Å². The van der Waals surface area contributed by atoms with Crippen molar-refractivity contribution in [3.63, 3.8) is 0 Å². The number of nitrogens with zero attached hydrogens (tertiary/aromatic N) is 4. The number of benzene rings is 7. The van der Waals surface area contributed by atoms with Crippen LogP contribution in [0, 0.1) is 25.7 Å². The van der Waals surface area contributed by atoms with Gasteiger partial charge in [-0.3, -0.25) is 0 Å². The smallest absolute Gasteiger partial charge is 0.0644 e. The number of hydrogen-bond acceptors (Lipinski definition) is 4. The molecule has 2 aliphatic carbocycles. The molecule has 0 radical (unpaired) electrons. The second kappa shape index (κ2) is 18.0. The molecule has 7 aromatic carbocycles. The Bertz CT molecular complexity index is 2770. The van der Waals surface area contributed by atoms with Crippen molar-refractivity contribution in [2.24, 2.45) is 11.8 Å². The van der Waals surface area contributed by atoms with Crippen LogP contribution in [0.1, 0.15) is 38.3 Å². The Balaban J connectivity index is 1.12. The van der Waals surface area contributed by atoms with Crippen LogP contribution in [0.5, 0.6) is 0 Å². The Kier molecular flexibility index (Phi) is 11.7. The fraction of sp³-hybridized carbons (Fsp3) is 0.153. The van der Waals surface area contributed by atoms with E-state index in [-0.39, 0.29) is 5.54 Å². The van der Waals surface area contributed by atoms with E-state index in [0.717, 1.165) is 51.9 Å². The number of allylic oxidation sites excluding steroid dienone is 4. The molecule has 0 spiro atoms. The molecule has 63 heavy (non-hydrogen) atoms. The van der Waals surface area contributed by atoms with Gasteiger partial charge in [0.15, 0.2) is 0 Å². The number of para-hydroxylation sites is 3. The molecule has 0 aliphatic heterocycles. The highest BCUT2D eigenvalue weighted by Crippen LogP contribution is 2.43. The minimum absolute atomic E-state index is 0.311. The normalized spacial score (nSPS) is 18.0. The van der Waals surface area contributed by atoms with Crippen LogP contribution in [0.25, 0.3) is 0 Å². The van der Waals surface area contributed by atoms with Gasteiger partial charge in [0.1, 0.15) is 0 Å². The predicted molar refractivity (Wildman–Crippen MR) is 269 cm³/mol. The molecule has 0 heterocycles. The molecule has 0 saturated heterocycles. The molecule has 0 saturated carbocycles. The van der Waals surface area contributed by atoms with Crippen molar-refractivity contribution >= 4 is 51.2 Å². The number of anilines is 9. The summed E-state index contributed by atoms with van der Waals surface area (Å²) < 4.78 is 0. The number of rotatable bonds is 12. The lowest BCUT2D eigenvalue weighted by molar-refractivity contribution is 0.547. The summed E-state index contributed by atoms with van der Waals surface area (Å²) in [6.07, 6.45) is 14.9. The third kappa shape index (κ3) is 8.76. The Labute approximate surface area is 374 Å². The molecule has 0 amide bonds. The Morgan fingerprint density at radius 1 is 0.413 bits per heavy atom. The van der Waals surface area contributed by atoms with E-state index in [0.29, 0.717) is 11.8 Å². The first-order valence-corrected chi connectivity index (χ1v) is 22.2. The van der Waals surface area contributed by atoms with Crippen molar-refractivity contribution in [2.45, 2.75) is 46.6 Å². The molecule has 3 atom stereocenters. The zero-order chi connectivity index (χ0) is 43.3. The molecule has 3 unspecified atom stereocenters. The second-order valence-corrected chi connectivity index (χ2v) is 17.3. The highest BCUT2D eigenvalue weighted by molar-refractivity contribution is 5.81. The van der Waals surface area contributed by atoms with Crippen LogP contribution in [0.2, 0.25) is 0 Å². The molecule has 7 aromatic rings. The van der Waals surface area contributed by atoms with Crippen LogP contribution in [0.3, 0.4) is 0 Å². The highest BCUT2D eigenvalue weighted by Gasteiger charge is 2.33. The maximum atomic E-state index is 2.48. The van der Waals surface area contributed by atoms with Crippen LogP contribution in [0.15, 0.2) is 236 Å². The largest absolute Gasteiger partial charge is 0.332 e. The van der Waals surface area contributed by atoms with Gasteiger partial charge in [-0.1, -0.05) is 117 Å². The van der Waals surface area contributed by atoms with Gasteiger partial charge in [0, 0.05) is 62.6 Å². The van der Waals surface area contributed by atoms with E-state index in [9.17, 15) is 0 Å². The fourth-order valence-electron chi connectivity index (χ4n) is 8.94. The molecule has 4 nitrogen and oxygen atoms in total. The summed E-state index contributed by atoms with van der Waals surface area (Å²) in [6, 6.07) is 67.8. The average Bonchev–Trinajstić information content (AvgIpc) is 3.31. The van der Waals surface area contributed by atoms with Gasteiger partial charge in [-0.05, 0) is 172 Å². The van der Waals surface area contributed by atoms with E-state index in [4.69, 9.17) is 0 Å². The summed E-state index contributed by atoms with van der Waals surface area (Å²) in [5, 5.41) is 0. The predicted octanol–water partition coefficient (Wildman–Crippen LogP) is 16.2. The summed E-state index contributed by atoms with van der Waals surface area (Å²) in [5.41, 5.74) is 14.6. The second-order valence-electron chi connectivity index (χ2n) is 17.3. The first-order valence-electron chi connectivity index (χ1n) is 22.2. The van der Waals surface area contributed by atoms with Crippen molar-refractivity contribution in [1.82, 2.24) is 0 Å². The number of aryl methyl sites for hydroxylation is 2. The standard InChI is InChI=1S/C59H56N4/c1-44-17-15-25-56(41-44)61(48-19-9-6-10-20-48)52-33-29-50(30-34-52)60(51-31-35-53(36-32-51)62(49-21-11-7-12-22-49)57-28-27-46(3)47(4)43-57)54-37-39-59(5,40-38-54)63(55-23-13-8-14-24-55)58-26-16-18-45(2)42-58/h6-39,41-43,46-47H,40H2,1-5H3. The van der Waals surface area contributed by atoms with E-state index in [1.54, 1.807) is 0 Å². The van der Waals surface area contributed by atoms with Gasteiger partial charge in [0.05, 0.1) is 5.54 Å². The van der Waals surface area contributed by atoms with E-state index < -0.39 is 0 Å². The van der Waals surface area contributed by atoms with Crippen LogP contribution >= 0.6 is 0 Å². The molecule has 4 heteroatoms. The van der Waals surface area contributed by atoms with Gasteiger partial charge < -0.3 is 19.6 Å². The molecule has 0 fully saturated rings. The van der Waals surface area contributed by atoms with E-state index in [2.05, 4.69) is 279 Å². The summed E-state index contributed by atoms with van der Waals surface area (Å²) in [6.45, 7) is 11.3. The maximum Gasteiger partial charge on any atom is 0.0644 e. The molecule has 2 aliphatic rings.